The van der Waals surface area contributed by atoms with Gasteiger partial charge in [0.25, 0.3) is 0 Å². The first-order valence-electron chi connectivity index (χ1n) is 4.70. The van der Waals surface area contributed by atoms with Gasteiger partial charge in [-0.3, -0.25) is 4.57 Å². The number of nitrogen functional groups attached to an aromatic ring is 1. The van der Waals surface area contributed by atoms with E-state index in [1.54, 1.807) is 12.1 Å². The van der Waals surface area contributed by atoms with Crippen LogP contribution in [0.25, 0.3) is 5.69 Å². The zero-order chi connectivity index (χ0) is 12.4. The third kappa shape index (κ3) is 1.81. The summed E-state index contributed by atoms with van der Waals surface area (Å²) < 4.78 is 1.41. The molecule has 0 amide bonds. The number of carboxylic acids is 1. The van der Waals surface area contributed by atoms with Crippen LogP contribution < -0.4 is 5.73 Å². The molecule has 0 aliphatic rings. The number of benzene rings is 1. The lowest BCUT2D eigenvalue weighted by Crippen LogP contribution is -2.07. The first-order chi connectivity index (χ1) is 8.13. The van der Waals surface area contributed by atoms with Gasteiger partial charge in [-0.2, -0.15) is 5.26 Å². The van der Waals surface area contributed by atoms with Crippen LogP contribution in [0.1, 0.15) is 16.2 Å². The van der Waals surface area contributed by atoms with Gasteiger partial charge in [-0.1, -0.05) is 0 Å². The second-order valence-corrected chi connectivity index (χ2v) is 3.31. The Hall–Kier alpha value is -2.81. The Labute approximate surface area is 96.5 Å². The van der Waals surface area contributed by atoms with Crippen molar-refractivity contribution in [2.24, 2.45) is 0 Å². The zero-order valence-electron chi connectivity index (χ0n) is 8.66. The second-order valence-electron chi connectivity index (χ2n) is 3.31. The molecule has 2 aromatic rings. The maximum Gasteiger partial charge on any atom is 0.337 e. The first kappa shape index (κ1) is 10.7. The molecule has 2 rings (SSSR count). The van der Waals surface area contributed by atoms with Crippen LogP contribution in [0, 0.1) is 11.3 Å². The molecule has 1 aromatic heterocycles. The molecule has 0 radical (unpaired) electrons. The second kappa shape index (κ2) is 3.98. The van der Waals surface area contributed by atoms with Gasteiger partial charge in [0.1, 0.15) is 6.07 Å². The predicted octanol–water partition coefficient (Wildman–Crippen LogP) is 1.02. The molecule has 0 bridgehead atoms. The average molecular weight is 228 g/mol. The molecule has 1 aromatic carbocycles. The van der Waals surface area contributed by atoms with Gasteiger partial charge in [0, 0.05) is 18.1 Å². The van der Waals surface area contributed by atoms with Crippen molar-refractivity contribution < 1.29 is 9.90 Å². The fourth-order valence-electron chi connectivity index (χ4n) is 1.52. The summed E-state index contributed by atoms with van der Waals surface area (Å²) in [5.41, 5.74) is 6.28. The largest absolute Gasteiger partial charge is 0.478 e. The lowest BCUT2D eigenvalue weighted by Gasteiger charge is -2.08. The van der Waals surface area contributed by atoms with Crippen LogP contribution in [0.4, 0.5) is 5.69 Å². The number of hydrogen-bond acceptors (Lipinski definition) is 4. The summed E-state index contributed by atoms with van der Waals surface area (Å²) in [4.78, 5) is 14.9. The number of rotatable bonds is 2. The molecule has 0 atom stereocenters. The minimum absolute atomic E-state index is 0.0273. The number of imidazole rings is 1. The van der Waals surface area contributed by atoms with E-state index in [1.165, 1.54) is 23.0 Å². The van der Waals surface area contributed by atoms with Crippen LogP contribution in [0.3, 0.4) is 0 Å². The molecule has 0 fully saturated rings. The van der Waals surface area contributed by atoms with Crippen molar-refractivity contribution in [2.75, 3.05) is 5.73 Å². The van der Waals surface area contributed by atoms with Gasteiger partial charge in [0.15, 0.2) is 0 Å². The van der Waals surface area contributed by atoms with E-state index < -0.39 is 5.97 Å². The number of nitrogens with zero attached hydrogens (tertiary/aromatic N) is 3. The number of hydrogen-bond donors (Lipinski definition) is 2. The Balaban J connectivity index is 2.68. The van der Waals surface area contributed by atoms with E-state index in [2.05, 4.69) is 4.98 Å². The number of nitrogens with two attached hydrogens (primary N) is 1. The molecular formula is C11H8N4O2. The van der Waals surface area contributed by atoms with E-state index in [1.807, 2.05) is 6.07 Å². The van der Waals surface area contributed by atoms with Crippen molar-refractivity contribution in [1.29, 1.82) is 5.26 Å². The van der Waals surface area contributed by atoms with Gasteiger partial charge in [-0.25, -0.2) is 9.78 Å². The monoisotopic (exact) mass is 228 g/mol. The zero-order valence-corrected chi connectivity index (χ0v) is 8.66. The van der Waals surface area contributed by atoms with Crippen molar-refractivity contribution in [1.82, 2.24) is 9.55 Å². The van der Waals surface area contributed by atoms with Crippen LogP contribution in [0.5, 0.6) is 0 Å². The van der Waals surface area contributed by atoms with Crippen LogP contribution in [0.15, 0.2) is 30.6 Å². The number of nitriles is 1. The summed E-state index contributed by atoms with van der Waals surface area (Å²) in [6, 6.07) is 6.34. The summed E-state index contributed by atoms with van der Waals surface area (Å²) in [5.74, 6) is -0.984. The molecule has 0 unspecified atom stereocenters. The van der Waals surface area contributed by atoms with Crippen LogP contribution >= 0.6 is 0 Å². The van der Waals surface area contributed by atoms with Crippen LogP contribution in [-0.4, -0.2) is 20.6 Å². The fraction of sp³-hybridized carbons (Fsp3) is 0. The van der Waals surface area contributed by atoms with Crippen molar-refractivity contribution in [2.45, 2.75) is 0 Å². The highest BCUT2D eigenvalue weighted by atomic mass is 16.4. The molecule has 6 heteroatoms. The van der Waals surface area contributed by atoms with Gasteiger partial charge in [-0.15, -0.1) is 0 Å². The van der Waals surface area contributed by atoms with Gasteiger partial charge in [0.05, 0.1) is 11.3 Å². The first-order valence-corrected chi connectivity index (χ1v) is 4.70. The molecule has 84 valence electrons. The number of anilines is 1. The minimum atomic E-state index is -1.11. The third-order valence-electron chi connectivity index (χ3n) is 2.25. The molecular weight excluding hydrogens is 220 g/mol. The quantitative estimate of drug-likeness (QED) is 0.746. The highest BCUT2D eigenvalue weighted by molar-refractivity contribution is 5.93. The number of aromatic nitrogens is 2. The molecule has 3 N–H and O–H groups in total. The summed E-state index contributed by atoms with van der Waals surface area (Å²) in [7, 11) is 0. The Morgan fingerprint density at radius 2 is 2.29 bits per heavy atom. The molecule has 0 spiro atoms. The fourth-order valence-corrected chi connectivity index (χ4v) is 1.52. The SMILES string of the molecule is N#Cc1nccn1-c1ccc(N)cc1C(=O)O. The Bertz CT molecular complexity index is 625. The van der Waals surface area contributed by atoms with Crippen LogP contribution in [-0.2, 0) is 0 Å². The van der Waals surface area contributed by atoms with Gasteiger partial charge in [-0.05, 0) is 18.2 Å². The van der Waals surface area contributed by atoms with E-state index in [9.17, 15) is 4.79 Å². The topological polar surface area (TPSA) is 105 Å². The van der Waals surface area contributed by atoms with E-state index in [4.69, 9.17) is 16.1 Å². The molecule has 6 nitrogen and oxygen atoms in total. The van der Waals surface area contributed by atoms with Crippen molar-refractivity contribution >= 4 is 11.7 Å². The maximum absolute atomic E-state index is 11.1. The lowest BCUT2D eigenvalue weighted by molar-refractivity contribution is 0.0697. The molecule has 0 aliphatic heterocycles. The standard InChI is InChI=1S/C11H8N4O2/c12-6-10-14-3-4-15(10)9-2-1-7(13)5-8(9)11(16)17/h1-5H,13H2,(H,16,17). The van der Waals surface area contributed by atoms with E-state index >= 15 is 0 Å². The highest BCUT2D eigenvalue weighted by Gasteiger charge is 2.14. The summed E-state index contributed by atoms with van der Waals surface area (Å²) >= 11 is 0. The summed E-state index contributed by atoms with van der Waals surface area (Å²) in [6.45, 7) is 0. The Morgan fingerprint density at radius 3 is 2.94 bits per heavy atom. The van der Waals surface area contributed by atoms with Crippen molar-refractivity contribution in [3.63, 3.8) is 0 Å². The van der Waals surface area contributed by atoms with Gasteiger partial charge in [0.2, 0.25) is 5.82 Å². The smallest absolute Gasteiger partial charge is 0.337 e. The summed E-state index contributed by atoms with van der Waals surface area (Å²) in [5, 5.41) is 17.9. The maximum atomic E-state index is 11.1. The molecule has 1 heterocycles. The number of carbonyl (C=O) groups is 1. The van der Waals surface area contributed by atoms with E-state index in [0.717, 1.165) is 0 Å². The number of carboxylic acid groups (broad SMARTS) is 1. The predicted molar refractivity (Wildman–Crippen MR) is 59.7 cm³/mol. The normalized spacial score (nSPS) is 9.82. The summed E-state index contributed by atoms with van der Waals surface area (Å²) in [6.07, 6.45) is 2.96. The molecule has 0 saturated heterocycles. The van der Waals surface area contributed by atoms with Crippen molar-refractivity contribution in [3.8, 4) is 11.8 Å². The molecule has 17 heavy (non-hydrogen) atoms. The van der Waals surface area contributed by atoms with Crippen molar-refractivity contribution in [3.05, 3.63) is 42.0 Å². The average Bonchev–Trinajstić information content (AvgIpc) is 2.76. The minimum Gasteiger partial charge on any atom is -0.478 e. The highest BCUT2D eigenvalue weighted by Crippen LogP contribution is 2.19. The van der Waals surface area contributed by atoms with Gasteiger partial charge >= 0.3 is 5.97 Å². The van der Waals surface area contributed by atoms with E-state index in [0.29, 0.717) is 11.4 Å². The molecule has 0 aliphatic carbocycles. The Morgan fingerprint density at radius 1 is 1.53 bits per heavy atom. The number of aromatic carboxylic acids is 1. The van der Waals surface area contributed by atoms with Crippen LogP contribution in [0.2, 0.25) is 0 Å². The lowest BCUT2D eigenvalue weighted by atomic mass is 10.1. The third-order valence-corrected chi connectivity index (χ3v) is 2.25. The Kier molecular flexibility index (Phi) is 2.51. The molecule has 0 saturated carbocycles. The van der Waals surface area contributed by atoms with Gasteiger partial charge < -0.3 is 10.8 Å². The van der Waals surface area contributed by atoms with E-state index in [-0.39, 0.29) is 11.4 Å².